The molecule has 1 N–H and O–H groups in total. The zero-order chi connectivity index (χ0) is 19.2. The maximum atomic E-state index is 12.4. The van der Waals surface area contributed by atoms with Crippen LogP contribution in [0.4, 0.5) is 8.78 Å². The minimum absolute atomic E-state index is 0.0659. The molecule has 3 rings (SSSR count). The normalized spacial score (nSPS) is 12.0. The van der Waals surface area contributed by atoms with E-state index in [0.29, 0.717) is 6.54 Å². The van der Waals surface area contributed by atoms with E-state index >= 15 is 0 Å². The molecule has 0 aliphatic heterocycles. The van der Waals surface area contributed by atoms with E-state index in [1.807, 2.05) is 30.3 Å². The van der Waals surface area contributed by atoms with Crippen LogP contribution in [0.1, 0.15) is 34.6 Å². The Labute approximate surface area is 154 Å². The van der Waals surface area contributed by atoms with Gasteiger partial charge >= 0.3 is 6.61 Å². The number of nitrogens with zero attached hydrogens (tertiary/aromatic N) is 3. The van der Waals surface area contributed by atoms with Crippen molar-refractivity contribution in [1.29, 1.82) is 0 Å². The van der Waals surface area contributed by atoms with Gasteiger partial charge < -0.3 is 10.1 Å². The summed E-state index contributed by atoms with van der Waals surface area (Å²) in [5.41, 5.74) is 2.01. The van der Waals surface area contributed by atoms with Gasteiger partial charge in [-0.05, 0) is 30.2 Å². The molecule has 0 saturated heterocycles. The second-order valence-electron chi connectivity index (χ2n) is 5.93. The maximum Gasteiger partial charge on any atom is 0.387 e. The number of amides is 1. The number of benzene rings is 2. The van der Waals surface area contributed by atoms with Gasteiger partial charge in [-0.2, -0.15) is 8.78 Å². The number of nitrogens with one attached hydrogen (secondary N) is 1. The number of ether oxygens (including phenoxy) is 1. The molecule has 0 saturated carbocycles. The highest BCUT2D eigenvalue weighted by Crippen LogP contribution is 2.19. The molecule has 0 fully saturated rings. The van der Waals surface area contributed by atoms with Gasteiger partial charge in [-0.3, -0.25) is 4.79 Å². The van der Waals surface area contributed by atoms with E-state index < -0.39 is 6.61 Å². The molecule has 3 aromatic rings. The third-order valence-corrected chi connectivity index (χ3v) is 3.91. The van der Waals surface area contributed by atoms with Gasteiger partial charge in [-0.25, -0.2) is 4.68 Å². The maximum absolute atomic E-state index is 12.4. The Morgan fingerprint density at radius 3 is 2.52 bits per heavy atom. The third-order valence-electron chi connectivity index (χ3n) is 3.91. The van der Waals surface area contributed by atoms with Crippen LogP contribution in [0, 0.1) is 0 Å². The Morgan fingerprint density at radius 1 is 1.15 bits per heavy atom. The fourth-order valence-electron chi connectivity index (χ4n) is 2.54. The summed E-state index contributed by atoms with van der Waals surface area (Å²) in [5, 5.41) is 10.7. The van der Waals surface area contributed by atoms with Gasteiger partial charge in [-0.15, -0.1) is 5.10 Å². The summed E-state index contributed by atoms with van der Waals surface area (Å²) in [7, 11) is 0. The fraction of sp³-hybridized carbons (Fsp3) is 0.211. The van der Waals surface area contributed by atoms with Crippen molar-refractivity contribution in [2.24, 2.45) is 0 Å². The van der Waals surface area contributed by atoms with E-state index in [-0.39, 0.29) is 23.4 Å². The predicted molar refractivity (Wildman–Crippen MR) is 94.5 cm³/mol. The number of aromatic nitrogens is 3. The molecule has 1 atom stereocenters. The average molecular weight is 372 g/mol. The van der Waals surface area contributed by atoms with Crippen molar-refractivity contribution in [1.82, 2.24) is 20.3 Å². The van der Waals surface area contributed by atoms with E-state index in [9.17, 15) is 13.6 Å². The van der Waals surface area contributed by atoms with Crippen LogP contribution in [0.5, 0.6) is 5.75 Å². The molecule has 1 aromatic heterocycles. The number of alkyl halides is 2. The van der Waals surface area contributed by atoms with E-state index in [4.69, 9.17) is 0 Å². The number of carbonyl (C=O) groups is 1. The van der Waals surface area contributed by atoms with Crippen LogP contribution < -0.4 is 10.1 Å². The lowest BCUT2D eigenvalue weighted by Crippen LogP contribution is -2.27. The summed E-state index contributed by atoms with van der Waals surface area (Å²) in [6.07, 6.45) is 1.58. The summed E-state index contributed by atoms with van der Waals surface area (Å²) in [6.45, 7) is -0.566. The van der Waals surface area contributed by atoms with Crippen LogP contribution in [0.25, 0.3) is 0 Å². The van der Waals surface area contributed by atoms with Gasteiger partial charge in [0.05, 0.1) is 18.8 Å². The van der Waals surface area contributed by atoms with Crippen LogP contribution in [0.15, 0.2) is 60.8 Å². The smallest absolute Gasteiger partial charge is 0.387 e. The molecule has 0 radical (unpaired) electrons. The first-order chi connectivity index (χ1) is 13.0. The van der Waals surface area contributed by atoms with Crippen LogP contribution in [-0.4, -0.2) is 27.5 Å². The molecule has 2 aromatic carbocycles. The lowest BCUT2D eigenvalue weighted by atomic mass is 10.1. The number of carbonyl (C=O) groups excluding carboxylic acids is 1. The Bertz CT molecular complexity index is 882. The quantitative estimate of drug-likeness (QED) is 0.690. The van der Waals surface area contributed by atoms with E-state index in [1.165, 1.54) is 12.1 Å². The van der Waals surface area contributed by atoms with Crippen molar-refractivity contribution in [3.05, 3.63) is 77.6 Å². The summed E-state index contributed by atoms with van der Waals surface area (Å²) < 4.78 is 30.3. The molecule has 1 amide bonds. The Kier molecular flexibility index (Phi) is 5.75. The van der Waals surface area contributed by atoms with Gasteiger partial charge in [-0.1, -0.05) is 47.7 Å². The highest BCUT2D eigenvalue weighted by molar-refractivity contribution is 5.92. The molecule has 6 nitrogen and oxygen atoms in total. The van der Waals surface area contributed by atoms with E-state index in [2.05, 4.69) is 20.4 Å². The van der Waals surface area contributed by atoms with Crippen molar-refractivity contribution >= 4 is 5.91 Å². The molecular formula is C19H18F2N4O2. The largest absolute Gasteiger partial charge is 0.435 e. The van der Waals surface area contributed by atoms with Gasteiger partial charge in [0.25, 0.3) is 5.91 Å². The van der Waals surface area contributed by atoms with Crippen LogP contribution >= 0.6 is 0 Å². The van der Waals surface area contributed by atoms with Gasteiger partial charge in [0.15, 0.2) is 5.69 Å². The number of rotatable bonds is 7. The number of halogens is 2. The first-order valence-electron chi connectivity index (χ1n) is 8.31. The molecule has 140 valence electrons. The lowest BCUT2D eigenvalue weighted by molar-refractivity contribution is -0.0498. The minimum Gasteiger partial charge on any atom is -0.435 e. The zero-order valence-corrected chi connectivity index (χ0v) is 14.5. The summed E-state index contributed by atoms with van der Waals surface area (Å²) in [5.74, 6) is -0.300. The Morgan fingerprint density at radius 2 is 1.85 bits per heavy atom. The van der Waals surface area contributed by atoms with Crippen LogP contribution in [0.3, 0.4) is 0 Å². The monoisotopic (exact) mass is 372 g/mol. The summed E-state index contributed by atoms with van der Waals surface area (Å²) >= 11 is 0. The molecule has 0 aliphatic carbocycles. The number of hydrogen-bond donors (Lipinski definition) is 1. The fourth-order valence-corrected chi connectivity index (χ4v) is 2.54. The Balaban J connectivity index is 1.60. The molecule has 0 bridgehead atoms. The standard InChI is InChI=1S/C19H18F2N4O2/c1-13(15-7-9-16(10-8-15)27-19(20)21)22-18(26)17-12-25(24-23-17)11-14-5-3-2-4-6-14/h2-10,12-13,19H,11H2,1H3,(H,22,26). The van der Waals surface area contributed by atoms with E-state index in [1.54, 1.807) is 29.9 Å². The number of hydrogen-bond acceptors (Lipinski definition) is 4. The van der Waals surface area contributed by atoms with Crippen molar-refractivity contribution in [2.75, 3.05) is 0 Å². The first kappa shape index (κ1) is 18.5. The van der Waals surface area contributed by atoms with Gasteiger partial charge in [0, 0.05) is 0 Å². The molecule has 1 heterocycles. The molecule has 8 heteroatoms. The first-order valence-corrected chi connectivity index (χ1v) is 8.31. The van der Waals surface area contributed by atoms with Crippen molar-refractivity contribution in [3.8, 4) is 5.75 Å². The molecule has 0 aliphatic rings. The van der Waals surface area contributed by atoms with Crippen LogP contribution in [-0.2, 0) is 6.54 Å². The predicted octanol–water partition coefficient (Wildman–Crippen LogP) is 3.42. The van der Waals surface area contributed by atoms with Gasteiger partial charge in [0.2, 0.25) is 0 Å². The van der Waals surface area contributed by atoms with Crippen molar-refractivity contribution < 1.29 is 18.3 Å². The molecule has 27 heavy (non-hydrogen) atoms. The van der Waals surface area contributed by atoms with Crippen molar-refractivity contribution in [2.45, 2.75) is 26.1 Å². The lowest BCUT2D eigenvalue weighted by Gasteiger charge is -2.14. The van der Waals surface area contributed by atoms with Crippen molar-refractivity contribution in [3.63, 3.8) is 0 Å². The van der Waals surface area contributed by atoms with Gasteiger partial charge in [0.1, 0.15) is 5.75 Å². The second kappa shape index (κ2) is 8.39. The van der Waals surface area contributed by atoms with Crippen LogP contribution in [0.2, 0.25) is 0 Å². The zero-order valence-electron chi connectivity index (χ0n) is 14.5. The summed E-state index contributed by atoms with van der Waals surface area (Å²) in [4.78, 5) is 12.4. The third kappa shape index (κ3) is 5.10. The molecular weight excluding hydrogens is 354 g/mol. The molecule has 0 spiro atoms. The minimum atomic E-state index is -2.87. The average Bonchev–Trinajstić information content (AvgIpc) is 3.11. The summed E-state index contributed by atoms with van der Waals surface area (Å²) in [6, 6.07) is 15.5. The topological polar surface area (TPSA) is 69.0 Å². The molecule has 1 unspecified atom stereocenters. The Hall–Kier alpha value is -3.29. The second-order valence-corrected chi connectivity index (χ2v) is 5.93. The highest BCUT2D eigenvalue weighted by atomic mass is 19.3. The highest BCUT2D eigenvalue weighted by Gasteiger charge is 2.15. The van der Waals surface area contributed by atoms with E-state index in [0.717, 1.165) is 11.1 Å². The SMILES string of the molecule is CC(NC(=O)c1cn(Cc2ccccc2)nn1)c1ccc(OC(F)F)cc1.